The minimum atomic E-state index is -0.844. The second-order valence-corrected chi connectivity index (χ2v) is 6.54. The zero-order valence-corrected chi connectivity index (χ0v) is 13.1. The van der Waals surface area contributed by atoms with Gasteiger partial charge in [-0.05, 0) is 44.1 Å². The third-order valence-corrected chi connectivity index (χ3v) is 5.63. The first-order valence-corrected chi connectivity index (χ1v) is 8.11. The molecule has 22 heavy (non-hydrogen) atoms. The molecule has 0 saturated heterocycles. The van der Waals surface area contributed by atoms with E-state index in [2.05, 4.69) is 0 Å². The van der Waals surface area contributed by atoms with E-state index in [9.17, 15) is 14.4 Å². The van der Waals surface area contributed by atoms with Crippen molar-refractivity contribution >= 4 is 18.2 Å². The van der Waals surface area contributed by atoms with Gasteiger partial charge in [-0.2, -0.15) is 0 Å². The van der Waals surface area contributed by atoms with Crippen molar-refractivity contribution in [2.24, 2.45) is 17.3 Å². The first kappa shape index (κ1) is 15.3. The summed E-state index contributed by atoms with van der Waals surface area (Å²) < 4.78 is 10.8. The van der Waals surface area contributed by atoms with Crippen LogP contribution in [0.5, 0.6) is 0 Å². The number of aldehydes is 1. The number of carbonyl (C=O) groups is 3. The van der Waals surface area contributed by atoms with Crippen molar-refractivity contribution in [3.05, 3.63) is 11.1 Å². The molecule has 0 unspecified atom stereocenters. The molecule has 0 amide bonds. The topological polar surface area (TPSA) is 69.7 Å². The van der Waals surface area contributed by atoms with Crippen LogP contribution in [-0.4, -0.2) is 30.9 Å². The lowest BCUT2D eigenvalue weighted by atomic mass is 9.54. The molecule has 0 radical (unpaired) electrons. The van der Waals surface area contributed by atoms with Crippen molar-refractivity contribution in [2.45, 2.75) is 52.1 Å². The Hall–Kier alpha value is -1.65. The summed E-state index contributed by atoms with van der Waals surface area (Å²) in [6.45, 7) is 4.04. The van der Waals surface area contributed by atoms with E-state index < -0.39 is 5.41 Å². The molecule has 0 N–H and O–H groups in total. The van der Waals surface area contributed by atoms with Crippen LogP contribution in [0.2, 0.25) is 0 Å². The summed E-state index contributed by atoms with van der Waals surface area (Å²) in [5.41, 5.74) is 0.875. The third-order valence-electron chi connectivity index (χ3n) is 5.63. The highest BCUT2D eigenvalue weighted by Gasteiger charge is 2.60. The third kappa shape index (κ3) is 1.94. The highest BCUT2D eigenvalue weighted by molar-refractivity contribution is 5.94. The number of hydrogen-bond donors (Lipinski definition) is 0. The van der Waals surface area contributed by atoms with Crippen molar-refractivity contribution in [3.8, 4) is 0 Å². The molecule has 3 aliphatic rings. The van der Waals surface area contributed by atoms with Gasteiger partial charge in [0.1, 0.15) is 12.4 Å². The van der Waals surface area contributed by atoms with Gasteiger partial charge in [-0.3, -0.25) is 4.79 Å². The molecule has 0 aromatic rings. The van der Waals surface area contributed by atoms with Gasteiger partial charge >= 0.3 is 11.9 Å². The number of rotatable bonds is 4. The molecule has 5 heteroatoms. The van der Waals surface area contributed by atoms with Gasteiger partial charge in [0.2, 0.25) is 0 Å². The average molecular weight is 306 g/mol. The van der Waals surface area contributed by atoms with Gasteiger partial charge in [-0.25, -0.2) is 4.79 Å². The Morgan fingerprint density at radius 1 is 1.50 bits per heavy atom. The SMILES string of the molecule is CCOC(=O)[C@]1(CC=O)[C@H](C)C[C@@H]2OC(=O)C3=C2[C@@H]1CCC3. The van der Waals surface area contributed by atoms with Crippen molar-refractivity contribution in [1.29, 1.82) is 0 Å². The summed E-state index contributed by atoms with van der Waals surface area (Å²) >= 11 is 0. The predicted octanol–water partition coefficient (Wildman–Crippen LogP) is 2.19. The molecule has 1 heterocycles. The summed E-state index contributed by atoms with van der Waals surface area (Å²) in [5.74, 6) is -0.699. The smallest absolute Gasteiger partial charge is 0.334 e. The van der Waals surface area contributed by atoms with Gasteiger partial charge in [-0.1, -0.05) is 6.92 Å². The van der Waals surface area contributed by atoms with E-state index in [0.29, 0.717) is 13.0 Å². The van der Waals surface area contributed by atoms with E-state index in [1.807, 2.05) is 6.92 Å². The van der Waals surface area contributed by atoms with Crippen LogP contribution in [0.1, 0.15) is 46.0 Å². The number of esters is 2. The summed E-state index contributed by atoms with van der Waals surface area (Å²) in [7, 11) is 0. The molecular weight excluding hydrogens is 284 g/mol. The van der Waals surface area contributed by atoms with Crippen LogP contribution >= 0.6 is 0 Å². The Morgan fingerprint density at radius 3 is 2.95 bits per heavy atom. The second kappa shape index (κ2) is 5.52. The van der Waals surface area contributed by atoms with Crippen molar-refractivity contribution in [3.63, 3.8) is 0 Å². The zero-order valence-electron chi connectivity index (χ0n) is 13.1. The fourth-order valence-corrected chi connectivity index (χ4v) is 4.65. The molecule has 4 atom stereocenters. The molecule has 0 aromatic carbocycles. The molecule has 0 bridgehead atoms. The van der Waals surface area contributed by atoms with E-state index in [-0.39, 0.29) is 36.3 Å². The van der Waals surface area contributed by atoms with Crippen LogP contribution in [0.4, 0.5) is 0 Å². The molecule has 0 aromatic heterocycles. The van der Waals surface area contributed by atoms with Crippen molar-refractivity contribution < 1.29 is 23.9 Å². The first-order chi connectivity index (χ1) is 10.6. The quantitative estimate of drug-likeness (QED) is 0.588. The normalized spacial score (nSPS) is 36.6. The second-order valence-electron chi connectivity index (χ2n) is 6.54. The van der Waals surface area contributed by atoms with E-state index in [4.69, 9.17) is 9.47 Å². The average Bonchev–Trinajstić information content (AvgIpc) is 2.81. The maximum Gasteiger partial charge on any atom is 0.334 e. The summed E-state index contributed by atoms with van der Waals surface area (Å²) in [6, 6.07) is 0. The highest BCUT2D eigenvalue weighted by Crippen LogP contribution is 2.57. The molecule has 3 rings (SSSR count). The number of carbonyl (C=O) groups excluding carboxylic acids is 3. The molecule has 5 nitrogen and oxygen atoms in total. The summed E-state index contributed by atoms with van der Waals surface area (Å²) in [4.78, 5) is 36.1. The Bertz CT molecular complexity index is 549. The molecule has 120 valence electrons. The standard InChI is InChI=1S/C17H22O5/c1-3-21-16(20)17(7-8-18)10(2)9-13-14-11(15(19)22-13)5-4-6-12(14)17/h8,10,12-13H,3-7,9H2,1-2H3/t10-,12+,13+,17-/m1/s1. The van der Waals surface area contributed by atoms with Crippen LogP contribution in [0.25, 0.3) is 0 Å². The van der Waals surface area contributed by atoms with Gasteiger partial charge < -0.3 is 14.3 Å². The molecule has 1 saturated carbocycles. The summed E-state index contributed by atoms with van der Waals surface area (Å²) in [6.07, 6.45) is 3.72. The van der Waals surface area contributed by atoms with Crippen molar-refractivity contribution in [1.82, 2.24) is 0 Å². The van der Waals surface area contributed by atoms with Crippen LogP contribution < -0.4 is 0 Å². The largest absolute Gasteiger partial charge is 0.466 e. The molecular formula is C17H22O5. The lowest BCUT2D eigenvalue weighted by Gasteiger charge is -2.49. The van der Waals surface area contributed by atoms with E-state index in [1.54, 1.807) is 6.92 Å². The Balaban J connectivity index is 2.10. The first-order valence-electron chi connectivity index (χ1n) is 8.11. The Labute approximate surface area is 130 Å². The Morgan fingerprint density at radius 2 is 2.27 bits per heavy atom. The molecule has 1 fully saturated rings. The lowest BCUT2D eigenvalue weighted by molar-refractivity contribution is -0.168. The monoisotopic (exact) mass is 306 g/mol. The minimum Gasteiger partial charge on any atom is -0.466 e. The maximum absolute atomic E-state index is 12.8. The van der Waals surface area contributed by atoms with Crippen LogP contribution in [0.3, 0.4) is 0 Å². The Kier molecular flexibility index (Phi) is 3.83. The molecule has 1 aliphatic heterocycles. The van der Waals surface area contributed by atoms with Crippen LogP contribution in [-0.2, 0) is 23.9 Å². The zero-order chi connectivity index (χ0) is 15.9. The van der Waals surface area contributed by atoms with Gasteiger partial charge in [0, 0.05) is 17.9 Å². The molecule has 2 aliphatic carbocycles. The number of ether oxygens (including phenoxy) is 2. The highest BCUT2D eigenvalue weighted by atomic mass is 16.6. The lowest BCUT2D eigenvalue weighted by Crippen LogP contribution is -2.52. The summed E-state index contributed by atoms with van der Waals surface area (Å²) in [5, 5.41) is 0. The minimum absolute atomic E-state index is 0.0549. The maximum atomic E-state index is 12.8. The molecule has 0 spiro atoms. The van der Waals surface area contributed by atoms with Gasteiger partial charge in [0.15, 0.2) is 0 Å². The predicted molar refractivity (Wildman–Crippen MR) is 77.8 cm³/mol. The van der Waals surface area contributed by atoms with Gasteiger partial charge in [0.05, 0.1) is 12.0 Å². The fourth-order valence-electron chi connectivity index (χ4n) is 4.65. The van der Waals surface area contributed by atoms with E-state index >= 15 is 0 Å². The fraction of sp³-hybridized carbons (Fsp3) is 0.706. The van der Waals surface area contributed by atoms with E-state index in [1.165, 1.54) is 0 Å². The van der Waals surface area contributed by atoms with Crippen LogP contribution in [0, 0.1) is 17.3 Å². The van der Waals surface area contributed by atoms with E-state index in [0.717, 1.165) is 36.7 Å². The van der Waals surface area contributed by atoms with Crippen LogP contribution in [0.15, 0.2) is 11.1 Å². The van der Waals surface area contributed by atoms with Gasteiger partial charge in [0.25, 0.3) is 0 Å². The van der Waals surface area contributed by atoms with Crippen molar-refractivity contribution in [2.75, 3.05) is 6.61 Å². The number of hydrogen-bond acceptors (Lipinski definition) is 5. The van der Waals surface area contributed by atoms with Gasteiger partial charge in [-0.15, -0.1) is 0 Å².